The molecule has 2 aromatic rings. The van der Waals surface area contributed by atoms with E-state index in [4.69, 9.17) is 4.74 Å². The molecule has 1 atom stereocenters. The highest BCUT2D eigenvalue weighted by atomic mass is 32.2. The highest BCUT2D eigenvalue weighted by molar-refractivity contribution is 7.89. The Balaban J connectivity index is 1.89. The van der Waals surface area contributed by atoms with Crippen molar-refractivity contribution >= 4 is 21.8 Å². The average Bonchev–Trinajstić information content (AvgIpc) is 2.80. The lowest BCUT2D eigenvalue weighted by Gasteiger charge is -2.46. The predicted molar refractivity (Wildman–Crippen MR) is 121 cm³/mol. The summed E-state index contributed by atoms with van der Waals surface area (Å²) >= 11 is 0. The Kier molecular flexibility index (Phi) is 7.20. The smallest absolute Gasteiger partial charge is 0.247 e. The molecule has 1 aliphatic heterocycles. The second-order valence-electron chi connectivity index (χ2n) is 7.94. The Morgan fingerprint density at radius 3 is 2.34 bits per heavy atom. The Bertz CT molecular complexity index is 1060. The van der Waals surface area contributed by atoms with Crippen LogP contribution in [0.2, 0.25) is 0 Å². The molecule has 2 amide bonds. The van der Waals surface area contributed by atoms with Crippen molar-refractivity contribution in [3.05, 3.63) is 65.7 Å². The van der Waals surface area contributed by atoms with E-state index in [1.807, 2.05) is 42.5 Å². The van der Waals surface area contributed by atoms with Crippen LogP contribution >= 0.6 is 0 Å². The molecule has 9 heteroatoms. The summed E-state index contributed by atoms with van der Waals surface area (Å²) in [6, 6.07) is 16.6. The third kappa shape index (κ3) is 5.11. The zero-order chi connectivity index (χ0) is 23.4. The van der Waals surface area contributed by atoms with Gasteiger partial charge in [-0.2, -0.15) is 4.31 Å². The van der Waals surface area contributed by atoms with E-state index in [0.29, 0.717) is 5.75 Å². The minimum absolute atomic E-state index is 0.105. The number of ether oxygens (including phenoxy) is 1. The van der Waals surface area contributed by atoms with Crippen LogP contribution in [-0.4, -0.2) is 60.9 Å². The number of carbonyl (C=O) groups excluding carboxylic acids is 2. The summed E-state index contributed by atoms with van der Waals surface area (Å²) in [5.74, 6) is -0.275. The maximum atomic E-state index is 13.4. The molecule has 0 aliphatic carbocycles. The summed E-state index contributed by atoms with van der Waals surface area (Å²) in [7, 11) is -2.07. The van der Waals surface area contributed by atoms with Gasteiger partial charge in [-0.25, -0.2) is 8.42 Å². The lowest BCUT2D eigenvalue weighted by Crippen LogP contribution is -2.69. The van der Waals surface area contributed by atoms with E-state index in [9.17, 15) is 18.0 Å². The van der Waals surface area contributed by atoms with Crippen molar-refractivity contribution in [2.24, 2.45) is 0 Å². The monoisotopic (exact) mass is 459 g/mol. The van der Waals surface area contributed by atoms with Crippen LogP contribution in [0.1, 0.15) is 25.0 Å². The van der Waals surface area contributed by atoms with Crippen LogP contribution in [0.4, 0.5) is 0 Å². The minimum atomic E-state index is -3.64. The number of piperazine rings is 1. The molecule has 1 N–H and O–H groups in total. The molecule has 0 bridgehead atoms. The third-order valence-corrected chi connectivity index (χ3v) is 7.51. The van der Waals surface area contributed by atoms with Gasteiger partial charge in [-0.05, 0) is 37.1 Å². The molecule has 1 fully saturated rings. The van der Waals surface area contributed by atoms with E-state index < -0.39 is 27.4 Å². The normalized spacial score (nSPS) is 19.6. The van der Waals surface area contributed by atoms with E-state index in [2.05, 4.69) is 5.32 Å². The molecule has 0 saturated carbocycles. The zero-order valence-electron chi connectivity index (χ0n) is 18.6. The van der Waals surface area contributed by atoms with Crippen LogP contribution in [0.15, 0.2) is 54.6 Å². The molecule has 0 radical (unpaired) electrons. The molecule has 172 valence electrons. The Morgan fingerprint density at radius 2 is 1.75 bits per heavy atom. The van der Waals surface area contributed by atoms with Gasteiger partial charge in [0.2, 0.25) is 21.8 Å². The summed E-state index contributed by atoms with van der Waals surface area (Å²) in [5, 5.41) is 2.88. The minimum Gasteiger partial charge on any atom is -0.497 e. The van der Waals surface area contributed by atoms with Crippen molar-refractivity contribution in [1.82, 2.24) is 14.5 Å². The molecule has 3 rings (SSSR count). The van der Waals surface area contributed by atoms with E-state index in [0.717, 1.165) is 15.4 Å². The van der Waals surface area contributed by atoms with Gasteiger partial charge in [-0.3, -0.25) is 9.59 Å². The lowest BCUT2D eigenvalue weighted by molar-refractivity contribution is -0.153. The molecule has 1 aliphatic rings. The number of nitrogens with zero attached hydrogens (tertiary/aromatic N) is 2. The highest BCUT2D eigenvalue weighted by Gasteiger charge is 2.49. The number of rotatable bonds is 8. The standard InChI is InChI=1S/C23H29N3O5S/c1-4-32(29,30)25-16-21(27)26(15-19-10-12-20(31-3)13-11-19)23(2,17-25)22(28)24-14-18-8-6-5-7-9-18/h5-13H,4,14-17H2,1-3H3,(H,24,28). The molecule has 1 saturated heterocycles. The number of hydrogen-bond acceptors (Lipinski definition) is 5. The van der Waals surface area contributed by atoms with Crippen molar-refractivity contribution in [3.8, 4) is 5.75 Å². The first-order chi connectivity index (χ1) is 15.2. The number of carbonyl (C=O) groups is 2. The van der Waals surface area contributed by atoms with E-state index >= 15 is 0 Å². The topological polar surface area (TPSA) is 96.0 Å². The van der Waals surface area contributed by atoms with Crippen LogP contribution in [-0.2, 0) is 32.7 Å². The molecule has 8 nitrogen and oxygen atoms in total. The molecule has 1 heterocycles. The Labute approximate surface area is 189 Å². The molecule has 2 aromatic carbocycles. The van der Waals surface area contributed by atoms with E-state index in [1.54, 1.807) is 26.2 Å². The van der Waals surface area contributed by atoms with Crippen LogP contribution in [0.3, 0.4) is 0 Å². The summed E-state index contributed by atoms with van der Waals surface area (Å²) in [4.78, 5) is 27.9. The maximum absolute atomic E-state index is 13.4. The van der Waals surface area contributed by atoms with Gasteiger partial charge in [0, 0.05) is 19.6 Å². The number of benzene rings is 2. The summed E-state index contributed by atoms with van der Waals surface area (Å²) in [6.45, 7) is 3.21. The number of sulfonamides is 1. The van der Waals surface area contributed by atoms with Gasteiger partial charge < -0.3 is 15.0 Å². The second-order valence-corrected chi connectivity index (χ2v) is 10.2. The first kappa shape index (κ1) is 23.7. The molecular formula is C23H29N3O5S. The van der Waals surface area contributed by atoms with Gasteiger partial charge in [0.1, 0.15) is 11.3 Å². The average molecular weight is 460 g/mol. The Hall–Kier alpha value is -2.91. The van der Waals surface area contributed by atoms with Gasteiger partial charge in [0.15, 0.2) is 0 Å². The van der Waals surface area contributed by atoms with Crippen molar-refractivity contribution in [3.63, 3.8) is 0 Å². The second kappa shape index (κ2) is 9.70. The van der Waals surface area contributed by atoms with E-state index in [1.165, 1.54) is 11.8 Å². The highest BCUT2D eigenvalue weighted by Crippen LogP contribution is 2.28. The van der Waals surface area contributed by atoms with Crippen molar-refractivity contribution in [2.45, 2.75) is 32.5 Å². The molecule has 1 unspecified atom stereocenters. The quantitative estimate of drug-likeness (QED) is 0.649. The lowest BCUT2D eigenvalue weighted by atomic mass is 9.94. The van der Waals surface area contributed by atoms with E-state index in [-0.39, 0.29) is 31.9 Å². The zero-order valence-corrected chi connectivity index (χ0v) is 19.4. The molecule has 0 aromatic heterocycles. The van der Waals surface area contributed by atoms with Crippen molar-refractivity contribution in [1.29, 1.82) is 0 Å². The van der Waals surface area contributed by atoms with Crippen LogP contribution in [0.5, 0.6) is 5.75 Å². The summed E-state index contributed by atoms with van der Waals surface area (Å²) in [5.41, 5.74) is 0.353. The van der Waals surface area contributed by atoms with Crippen LogP contribution < -0.4 is 10.1 Å². The number of hydrogen-bond donors (Lipinski definition) is 1. The molecule has 0 spiro atoms. The fraction of sp³-hybridized carbons (Fsp3) is 0.391. The first-order valence-electron chi connectivity index (χ1n) is 10.4. The van der Waals surface area contributed by atoms with Gasteiger partial charge in [0.05, 0.1) is 19.4 Å². The van der Waals surface area contributed by atoms with Gasteiger partial charge in [0.25, 0.3) is 0 Å². The van der Waals surface area contributed by atoms with Crippen LogP contribution in [0.25, 0.3) is 0 Å². The SMILES string of the molecule is CCS(=O)(=O)N1CC(=O)N(Cc2ccc(OC)cc2)C(C)(C(=O)NCc2ccccc2)C1. The predicted octanol–water partition coefficient (Wildman–Crippen LogP) is 1.76. The van der Waals surface area contributed by atoms with Crippen LogP contribution in [0, 0.1) is 0 Å². The van der Waals surface area contributed by atoms with Gasteiger partial charge in [-0.1, -0.05) is 42.5 Å². The summed E-state index contributed by atoms with van der Waals surface area (Å²) in [6.07, 6.45) is 0. The fourth-order valence-corrected chi connectivity index (χ4v) is 4.83. The fourth-order valence-electron chi connectivity index (χ4n) is 3.71. The Morgan fingerprint density at radius 1 is 1.09 bits per heavy atom. The number of nitrogens with one attached hydrogen (secondary N) is 1. The molecule has 32 heavy (non-hydrogen) atoms. The summed E-state index contributed by atoms with van der Waals surface area (Å²) < 4.78 is 31.4. The molecular weight excluding hydrogens is 430 g/mol. The first-order valence-corrected chi connectivity index (χ1v) is 12.0. The number of amides is 2. The number of methoxy groups -OCH3 is 1. The third-order valence-electron chi connectivity index (χ3n) is 5.74. The van der Waals surface area contributed by atoms with Gasteiger partial charge >= 0.3 is 0 Å². The maximum Gasteiger partial charge on any atom is 0.247 e. The largest absolute Gasteiger partial charge is 0.497 e. The van der Waals surface area contributed by atoms with Gasteiger partial charge in [-0.15, -0.1) is 0 Å². The van der Waals surface area contributed by atoms with Crippen molar-refractivity contribution in [2.75, 3.05) is 26.0 Å². The van der Waals surface area contributed by atoms with Crippen molar-refractivity contribution < 1.29 is 22.7 Å².